The fraction of sp³-hybridized carbons (Fsp3) is 0.348. The highest BCUT2D eigenvalue weighted by molar-refractivity contribution is 5.94. The van der Waals surface area contributed by atoms with Crippen molar-refractivity contribution in [3.63, 3.8) is 0 Å². The van der Waals surface area contributed by atoms with E-state index in [9.17, 15) is 9.18 Å². The van der Waals surface area contributed by atoms with Crippen LogP contribution in [0.3, 0.4) is 0 Å². The van der Waals surface area contributed by atoms with Crippen molar-refractivity contribution in [3.8, 4) is 11.3 Å². The molecule has 2 aromatic carbocycles. The van der Waals surface area contributed by atoms with Gasteiger partial charge in [0.25, 0.3) is 0 Å². The minimum absolute atomic E-state index is 0.181. The Balaban J connectivity index is 2.09. The zero-order chi connectivity index (χ0) is 21.1. The Labute approximate surface area is 170 Å². The molecule has 5 nitrogen and oxygen atoms in total. The number of fused-ring (bicyclic) bond motifs is 1. The molecule has 0 radical (unpaired) electrons. The SMILES string of the molecule is CC(C)COC(=O)c1ccc2nc(-c3ccc(F)cc3)c(N(C)C(C)C)nc2c1. The second kappa shape index (κ2) is 8.55. The van der Waals surface area contributed by atoms with Crippen LogP contribution >= 0.6 is 0 Å². The number of hydrogen-bond donors (Lipinski definition) is 0. The number of nitrogens with zero attached hydrogens (tertiary/aromatic N) is 3. The molecule has 0 aliphatic heterocycles. The Morgan fingerprint density at radius 1 is 1.03 bits per heavy atom. The molecule has 29 heavy (non-hydrogen) atoms. The third-order valence-electron chi connectivity index (χ3n) is 4.66. The van der Waals surface area contributed by atoms with Crippen molar-refractivity contribution in [2.45, 2.75) is 33.7 Å². The van der Waals surface area contributed by atoms with Gasteiger partial charge in [-0.15, -0.1) is 0 Å². The second-order valence-corrected chi connectivity index (χ2v) is 7.80. The van der Waals surface area contributed by atoms with Crippen molar-refractivity contribution in [2.24, 2.45) is 5.92 Å². The Hall–Kier alpha value is -3.02. The van der Waals surface area contributed by atoms with Crippen LogP contribution in [0.4, 0.5) is 10.2 Å². The van der Waals surface area contributed by atoms with Gasteiger partial charge in [-0.25, -0.2) is 19.2 Å². The van der Waals surface area contributed by atoms with Crippen LogP contribution < -0.4 is 4.90 Å². The molecule has 0 bridgehead atoms. The number of carbonyl (C=O) groups excluding carboxylic acids is 1. The number of esters is 1. The maximum absolute atomic E-state index is 13.4. The molecule has 0 N–H and O–H groups in total. The fourth-order valence-corrected chi connectivity index (χ4v) is 2.79. The van der Waals surface area contributed by atoms with E-state index in [2.05, 4.69) is 13.8 Å². The molecule has 152 valence electrons. The topological polar surface area (TPSA) is 55.3 Å². The van der Waals surface area contributed by atoms with Gasteiger partial charge in [0.05, 0.1) is 23.2 Å². The normalized spacial score (nSPS) is 11.3. The van der Waals surface area contributed by atoms with E-state index < -0.39 is 0 Å². The Kier molecular flexibility index (Phi) is 6.11. The van der Waals surface area contributed by atoms with Gasteiger partial charge in [0.2, 0.25) is 0 Å². The zero-order valence-corrected chi connectivity index (χ0v) is 17.4. The quantitative estimate of drug-likeness (QED) is 0.544. The van der Waals surface area contributed by atoms with E-state index in [1.165, 1.54) is 12.1 Å². The van der Waals surface area contributed by atoms with Gasteiger partial charge < -0.3 is 9.64 Å². The van der Waals surface area contributed by atoms with E-state index in [0.29, 0.717) is 34.7 Å². The molecule has 0 unspecified atom stereocenters. The summed E-state index contributed by atoms with van der Waals surface area (Å²) in [4.78, 5) is 23.9. The van der Waals surface area contributed by atoms with Gasteiger partial charge in [0.1, 0.15) is 11.5 Å². The second-order valence-electron chi connectivity index (χ2n) is 7.80. The standard InChI is InChI=1S/C23H26FN3O2/c1-14(2)13-29-23(28)17-8-11-19-20(12-17)26-22(27(5)15(3)4)21(25-19)16-6-9-18(24)10-7-16/h6-12,14-15H,13H2,1-5H3. The first-order valence-corrected chi connectivity index (χ1v) is 9.74. The largest absolute Gasteiger partial charge is 0.462 e. The summed E-state index contributed by atoms with van der Waals surface area (Å²) in [6, 6.07) is 11.6. The first kappa shape index (κ1) is 20.7. The van der Waals surface area contributed by atoms with Crippen LogP contribution in [0.2, 0.25) is 0 Å². The molecule has 0 aliphatic rings. The lowest BCUT2D eigenvalue weighted by Crippen LogP contribution is -2.27. The number of benzene rings is 2. The van der Waals surface area contributed by atoms with Gasteiger partial charge in [-0.3, -0.25) is 0 Å². The van der Waals surface area contributed by atoms with Gasteiger partial charge in [-0.2, -0.15) is 0 Å². The van der Waals surface area contributed by atoms with E-state index in [0.717, 1.165) is 5.56 Å². The molecule has 6 heteroatoms. The molecule has 0 aliphatic carbocycles. The zero-order valence-electron chi connectivity index (χ0n) is 17.4. The Morgan fingerprint density at radius 3 is 2.34 bits per heavy atom. The highest BCUT2D eigenvalue weighted by Crippen LogP contribution is 2.30. The average Bonchev–Trinajstić information content (AvgIpc) is 2.70. The molecule has 1 heterocycles. The van der Waals surface area contributed by atoms with Crippen LogP contribution in [0.15, 0.2) is 42.5 Å². The summed E-state index contributed by atoms with van der Waals surface area (Å²) in [5, 5.41) is 0. The van der Waals surface area contributed by atoms with Crippen LogP contribution in [0.1, 0.15) is 38.1 Å². The first-order valence-electron chi connectivity index (χ1n) is 9.74. The van der Waals surface area contributed by atoms with Gasteiger partial charge in [0.15, 0.2) is 5.82 Å². The van der Waals surface area contributed by atoms with Crippen molar-refractivity contribution in [1.82, 2.24) is 9.97 Å². The van der Waals surface area contributed by atoms with Crippen LogP contribution in [-0.4, -0.2) is 35.6 Å². The van der Waals surface area contributed by atoms with E-state index in [1.807, 2.05) is 25.8 Å². The molecule has 0 saturated carbocycles. The summed E-state index contributed by atoms with van der Waals surface area (Å²) in [6.07, 6.45) is 0. The summed E-state index contributed by atoms with van der Waals surface area (Å²) in [6.45, 7) is 8.46. The maximum atomic E-state index is 13.4. The van der Waals surface area contributed by atoms with E-state index in [-0.39, 0.29) is 23.7 Å². The summed E-state index contributed by atoms with van der Waals surface area (Å²) in [5.74, 6) is 0.269. The maximum Gasteiger partial charge on any atom is 0.338 e. The Bertz CT molecular complexity index is 1020. The number of carbonyl (C=O) groups is 1. The minimum atomic E-state index is -0.372. The first-order chi connectivity index (χ1) is 13.8. The Morgan fingerprint density at radius 2 is 1.72 bits per heavy atom. The van der Waals surface area contributed by atoms with Crippen LogP contribution in [-0.2, 0) is 4.74 Å². The summed E-state index contributed by atoms with van der Waals surface area (Å²) in [7, 11) is 1.94. The molecule has 0 spiro atoms. The van der Waals surface area contributed by atoms with Crippen LogP contribution in [0.5, 0.6) is 0 Å². The van der Waals surface area contributed by atoms with Crippen molar-refractivity contribution in [3.05, 3.63) is 53.8 Å². The monoisotopic (exact) mass is 395 g/mol. The van der Waals surface area contributed by atoms with Crippen LogP contribution in [0.25, 0.3) is 22.3 Å². The third kappa shape index (κ3) is 4.70. The molecule has 3 rings (SSSR count). The highest BCUT2D eigenvalue weighted by Gasteiger charge is 2.18. The van der Waals surface area contributed by atoms with E-state index in [1.54, 1.807) is 30.3 Å². The van der Waals surface area contributed by atoms with Crippen molar-refractivity contribution in [2.75, 3.05) is 18.6 Å². The molecular weight excluding hydrogens is 369 g/mol. The lowest BCUT2D eigenvalue weighted by atomic mass is 10.1. The number of ether oxygens (including phenoxy) is 1. The predicted molar refractivity (Wildman–Crippen MR) is 114 cm³/mol. The van der Waals surface area contributed by atoms with Gasteiger partial charge in [-0.05, 0) is 62.2 Å². The number of anilines is 1. The molecule has 0 atom stereocenters. The average molecular weight is 395 g/mol. The highest BCUT2D eigenvalue weighted by atomic mass is 19.1. The van der Waals surface area contributed by atoms with E-state index >= 15 is 0 Å². The van der Waals surface area contributed by atoms with Crippen molar-refractivity contribution in [1.29, 1.82) is 0 Å². The number of rotatable bonds is 6. The fourth-order valence-electron chi connectivity index (χ4n) is 2.79. The molecule has 0 amide bonds. The summed E-state index contributed by atoms with van der Waals surface area (Å²) in [5.41, 5.74) is 3.16. The predicted octanol–water partition coefficient (Wildman–Crippen LogP) is 5.09. The third-order valence-corrected chi connectivity index (χ3v) is 4.66. The van der Waals surface area contributed by atoms with E-state index in [4.69, 9.17) is 14.7 Å². The number of aromatic nitrogens is 2. The lowest BCUT2D eigenvalue weighted by Gasteiger charge is -2.25. The molecular formula is C23H26FN3O2. The molecule has 1 aromatic heterocycles. The van der Waals surface area contributed by atoms with Gasteiger partial charge >= 0.3 is 5.97 Å². The molecule has 3 aromatic rings. The number of halogens is 1. The smallest absolute Gasteiger partial charge is 0.338 e. The van der Waals surface area contributed by atoms with Crippen molar-refractivity contribution >= 4 is 22.8 Å². The van der Waals surface area contributed by atoms with Gasteiger partial charge in [0, 0.05) is 18.7 Å². The summed E-state index contributed by atoms with van der Waals surface area (Å²) < 4.78 is 18.7. The van der Waals surface area contributed by atoms with Crippen LogP contribution in [0, 0.1) is 11.7 Å². The minimum Gasteiger partial charge on any atom is -0.462 e. The molecule has 0 fully saturated rings. The molecule has 0 saturated heterocycles. The van der Waals surface area contributed by atoms with Gasteiger partial charge in [-0.1, -0.05) is 13.8 Å². The van der Waals surface area contributed by atoms with Crippen molar-refractivity contribution < 1.29 is 13.9 Å². The lowest BCUT2D eigenvalue weighted by molar-refractivity contribution is 0.0459. The summed E-state index contributed by atoms with van der Waals surface area (Å²) >= 11 is 0. The number of hydrogen-bond acceptors (Lipinski definition) is 5.